The van der Waals surface area contributed by atoms with Gasteiger partial charge in [0, 0.05) is 0 Å². The van der Waals surface area contributed by atoms with E-state index in [-0.39, 0.29) is 12.2 Å². The number of aryl methyl sites for hydroxylation is 1. The van der Waals surface area contributed by atoms with Crippen molar-refractivity contribution < 1.29 is 28.5 Å². The normalized spacial score (nSPS) is 14.1. The van der Waals surface area contributed by atoms with Crippen molar-refractivity contribution >= 4 is 5.97 Å². The number of halogens is 2. The smallest absolute Gasteiger partial charge is 0.338 e. The number of hydrogen-bond acceptors (Lipinski definition) is 4. The van der Waals surface area contributed by atoms with Gasteiger partial charge in [-0.05, 0) is 25.5 Å². The minimum absolute atomic E-state index is 0.0125. The maximum absolute atomic E-state index is 13.7. The summed E-state index contributed by atoms with van der Waals surface area (Å²) in [6.07, 6.45) is -4.04. The summed E-state index contributed by atoms with van der Waals surface area (Å²) < 4.78 is 31.5. The van der Waals surface area contributed by atoms with Gasteiger partial charge in [-0.25, -0.2) is 13.6 Å². The van der Waals surface area contributed by atoms with Gasteiger partial charge in [0.1, 0.15) is 17.7 Å². The molecule has 18 heavy (non-hydrogen) atoms. The third kappa shape index (κ3) is 2.83. The molecule has 1 aromatic carbocycles. The fourth-order valence-electron chi connectivity index (χ4n) is 1.46. The summed E-state index contributed by atoms with van der Waals surface area (Å²) in [4.78, 5) is 11.2. The van der Waals surface area contributed by atoms with Gasteiger partial charge in [0.2, 0.25) is 0 Å². The number of ether oxygens (including phenoxy) is 1. The highest BCUT2D eigenvalue weighted by Crippen LogP contribution is 2.26. The van der Waals surface area contributed by atoms with Crippen LogP contribution in [0.5, 0.6) is 0 Å². The number of carbonyl (C=O) groups is 1. The topological polar surface area (TPSA) is 66.8 Å². The highest BCUT2D eigenvalue weighted by molar-refractivity contribution is 5.75. The predicted octanol–water partition coefficient (Wildman–Crippen LogP) is 1.23. The van der Waals surface area contributed by atoms with E-state index in [0.717, 1.165) is 6.07 Å². The van der Waals surface area contributed by atoms with Gasteiger partial charge in [-0.1, -0.05) is 6.07 Å². The molecule has 6 heteroatoms. The molecule has 0 spiro atoms. The Hall–Kier alpha value is -1.53. The molecule has 0 aliphatic rings. The largest absolute Gasteiger partial charge is 0.464 e. The van der Waals surface area contributed by atoms with Crippen molar-refractivity contribution in [1.82, 2.24) is 0 Å². The van der Waals surface area contributed by atoms with E-state index in [2.05, 4.69) is 4.74 Å². The van der Waals surface area contributed by atoms with Crippen LogP contribution in [0.25, 0.3) is 0 Å². The molecule has 0 aliphatic carbocycles. The molecule has 0 saturated heterocycles. The molecule has 2 unspecified atom stereocenters. The number of hydrogen-bond donors (Lipinski definition) is 2. The van der Waals surface area contributed by atoms with Gasteiger partial charge in [0.15, 0.2) is 6.10 Å². The quantitative estimate of drug-likeness (QED) is 0.799. The third-order valence-electron chi connectivity index (χ3n) is 2.44. The second-order valence-electron chi connectivity index (χ2n) is 3.73. The van der Waals surface area contributed by atoms with E-state index in [1.54, 1.807) is 0 Å². The lowest BCUT2D eigenvalue weighted by Gasteiger charge is -2.18. The fourth-order valence-corrected chi connectivity index (χ4v) is 1.46. The third-order valence-corrected chi connectivity index (χ3v) is 2.44. The van der Waals surface area contributed by atoms with E-state index in [0.29, 0.717) is 0 Å². The average Bonchev–Trinajstić information content (AvgIpc) is 2.33. The molecule has 1 rings (SSSR count). The van der Waals surface area contributed by atoms with Crippen molar-refractivity contribution in [3.63, 3.8) is 0 Å². The van der Waals surface area contributed by atoms with Crippen LogP contribution in [0, 0.1) is 18.6 Å². The number of aliphatic hydroxyl groups is 2. The maximum Gasteiger partial charge on any atom is 0.338 e. The van der Waals surface area contributed by atoms with Gasteiger partial charge in [-0.15, -0.1) is 0 Å². The van der Waals surface area contributed by atoms with Crippen LogP contribution < -0.4 is 0 Å². The maximum atomic E-state index is 13.7. The predicted molar refractivity (Wildman–Crippen MR) is 58.7 cm³/mol. The monoisotopic (exact) mass is 260 g/mol. The zero-order chi connectivity index (χ0) is 13.9. The van der Waals surface area contributed by atoms with Crippen molar-refractivity contribution in [3.05, 3.63) is 34.9 Å². The summed E-state index contributed by atoms with van der Waals surface area (Å²) in [5.74, 6) is -3.16. The lowest BCUT2D eigenvalue weighted by atomic mass is 10.0. The molecule has 2 atom stereocenters. The number of esters is 1. The standard InChI is InChI=1S/C12H14F2O4/c1-3-18-12(17)11(16)10(15)8-7(13)5-4-6(2)9(8)14/h4-5,10-11,15-16H,3H2,1-2H3. The van der Waals surface area contributed by atoms with Crippen LogP contribution in [0.1, 0.15) is 24.2 Å². The molecule has 1 aromatic rings. The second-order valence-corrected chi connectivity index (χ2v) is 3.73. The molecule has 0 fully saturated rings. The number of rotatable bonds is 4. The van der Waals surface area contributed by atoms with E-state index < -0.39 is 35.4 Å². The summed E-state index contributed by atoms with van der Waals surface area (Å²) in [6, 6.07) is 2.15. The molecule has 100 valence electrons. The molecule has 0 aliphatic heterocycles. The van der Waals surface area contributed by atoms with Crippen molar-refractivity contribution in [3.8, 4) is 0 Å². The number of aliphatic hydroxyl groups excluding tert-OH is 2. The van der Waals surface area contributed by atoms with Gasteiger partial charge in [-0.2, -0.15) is 0 Å². The van der Waals surface area contributed by atoms with E-state index in [1.165, 1.54) is 19.9 Å². The van der Waals surface area contributed by atoms with Crippen LogP contribution in [-0.4, -0.2) is 28.9 Å². The van der Waals surface area contributed by atoms with Crippen LogP contribution in [0.2, 0.25) is 0 Å². The van der Waals surface area contributed by atoms with Gasteiger partial charge >= 0.3 is 5.97 Å². The van der Waals surface area contributed by atoms with E-state index in [1.807, 2.05) is 0 Å². The fraction of sp³-hybridized carbons (Fsp3) is 0.417. The van der Waals surface area contributed by atoms with Gasteiger partial charge in [-0.3, -0.25) is 0 Å². The van der Waals surface area contributed by atoms with Crippen LogP contribution >= 0.6 is 0 Å². The number of carbonyl (C=O) groups excluding carboxylic acids is 1. The molecule has 0 radical (unpaired) electrons. The first kappa shape index (κ1) is 14.5. The summed E-state index contributed by atoms with van der Waals surface area (Å²) >= 11 is 0. The lowest BCUT2D eigenvalue weighted by Crippen LogP contribution is -2.31. The van der Waals surface area contributed by atoms with Crippen molar-refractivity contribution in [2.24, 2.45) is 0 Å². The molecular formula is C12H14F2O4. The molecule has 0 heterocycles. The second kappa shape index (κ2) is 5.88. The van der Waals surface area contributed by atoms with Crippen LogP contribution in [0.3, 0.4) is 0 Å². The Balaban J connectivity index is 3.07. The Bertz CT molecular complexity index is 448. The van der Waals surface area contributed by atoms with Gasteiger partial charge in [0.25, 0.3) is 0 Å². The van der Waals surface area contributed by atoms with Crippen LogP contribution in [0.15, 0.2) is 12.1 Å². The Kier molecular flexibility index (Phi) is 4.75. The number of benzene rings is 1. The summed E-state index contributed by atoms with van der Waals surface area (Å²) in [6.45, 7) is 2.87. The summed E-state index contributed by atoms with van der Waals surface area (Å²) in [7, 11) is 0. The van der Waals surface area contributed by atoms with Gasteiger partial charge < -0.3 is 14.9 Å². The van der Waals surface area contributed by atoms with Gasteiger partial charge in [0.05, 0.1) is 12.2 Å². The summed E-state index contributed by atoms with van der Waals surface area (Å²) in [5, 5.41) is 19.1. The van der Waals surface area contributed by atoms with Crippen LogP contribution in [-0.2, 0) is 9.53 Å². The SMILES string of the molecule is CCOC(=O)C(O)C(O)c1c(F)ccc(C)c1F. The molecule has 0 amide bonds. The first-order chi connectivity index (χ1) is 8.40. The first-order valence-electron chi connectivity index (χ1n) is 5.37. The minimum Gasteiger partial charge on any atom is -0.464 e. The molecule has 2 N–H and O–H groups in total. The highest BCUT2D eigenvalue weighted by Gasteiger charge is 2.31. The summed E-state index contributed by atoms with van der Waals surface area (Å²) in [5.41, 5.74) is -0.642. The molecular weight excluding hydrogens is 246 g/mol. The Labute approximate surface area is 103 Å². The minimum atomic E-state index is -2.03. The lowest BCUT2D eigenvalue weighted by molar-refractivity contribution is -0.159. The first-order valence-corrected chi connectivity index (χ1v) is 5.37. The van der Waals surface area contributed by atoms with Crippen molar-refractivity contribution in [2.75, 3.05) is 6.61 Å². The van der Waals surface area contributed by atoms with Crippen LogP contribution in [0.4, 0.5) is 8.78 Å². The Morgan fingerprint density at radius 1 is 1.39 bits per heavy atom. The molecule has 0 bridgehead atoms. The Morgan fingerprint density at radius 2 is 2.00 bits per heavy atom. The van der Waals surface area contributed by atoms with E-state index >= 15 is 0 Å². The Morgan fingerprint density at radius 3 is 2.56 bits per heavy atom. The van der Waals surface area contributed by atoms with Crippen molar-refractivity contribution in [1.29, 1.82) is 0 Å². The average molecular weight is 260 g/mol. The zero-order valence-corrected chi connectivity index (χ0v) is 9.98. The van der Waals surface area contributed by atoms with E-state index in [4.69, 9.17) is 0 Å². The zero-order valence-electron chi connectivity index (χ0n) is 9.98. The molecule has 0 aromatic heterocycles. The molecule has 4 nitrogen and oxygen atoms in total. The van der Waals surface area contributed by atoms with E-state index in [9.17, 15) is 23.8 Å². The highest BCUT2D eigenvalue weighted by atomic mass is 19.1. The molecule has 0 saturated carbocycles. The van der Waals surface area contributed by atoms with Crippen molar-refractivity contribution in [2.45, 2.75) is 26.1 Å².